The molecule has 2 aromatic rings. The maximum Gasteiger partial charge on any atom is 0.259 e. The highest BCUT2D eigenvalue weighted by Crippen LogP contribution is 2.26. The van der Waals surface area contributed by atoms with Gasteiger partial charge in [0.15, 0.2) is 11.5 Å². The number of anilines is 2. The zero-order valence-electron chi connectivity index (χ0n) is 11.8. The monoisotopic (exact) mass is 284 g/mol. The topological polar surface area (TPSA) is 81.4 Å². The average molecular weight is 284 g/mol. The highest BCUT2D eigenvalue weighted by molar-refractivity contribution is 6.07. The summed E-state index contributed by atoms with van der Waals surface area (Å²) in [6.07, 6.45) is 0. The molecule has 0 spiro atoms. The van der Waals surface area contributed by atoms with Crippen molar-refractivity contribution in [3.05, 3.63) is 53.6 Å². The Morgan fingerprint density at radius 1 is 1.10 bits per heavy atom. The zero-order chi connectivity index (χ0) is 15.4. The van der Waals surface area contributed by atoms with E-state index >= 15 is 0 Å². The minimum Gasteiger partial charge on any atom is -0.494 e. The standard InChI is InChI=1S/C16H16N2O3/c1-10(19)11-6-8-12(9-7-11)18-16(20)13-4-3-5-14(17)15(13)21-2/h3-9H,17H2,1-2H3,(H,18,20). The number of amides is 1. The third-order valence-corrected chi connectivity index (χ3v) is 3.04. The second kappa shape index (κ2) is 6.09. The molecule has 5 heteroatoms. The predicted octanol–water partition coefficient (Wildman–Crippen LogP) is 2.73. The first kappa shape index (κ1) is 14.6. The van der Waals surface area contributed by atoms with Crippen molar-refractivity contribution in [3.8, 4) is 5.75 Å². The predicted molar refractivity (Wildman–Crippen MR) is 81.8 cm³/mol. The number of benzene rings is 2. The molecule has 0 fully saturated rings. The molecule has 2 aromatic carbocycles. The summed E-state index contributed by atoms with van der Waals surface area (Å²) >= 11 is 0. The Hall–Kier alpha value is -2.82. The number of nitrogens with two attached hydrogens (primary N) is 1. The Kier molecular flexibility index (Phi) is 4.23. The Labute approximate surface area is 122 Å². The van der Waals surface area contributed by atoms with Gasteiger partial charge in [0, 0.05) is 11.3 Å². The lowest BCUT2D eigenvalue weighted by Crippen LogP contribution is -2.14. The van der Waals surface area contributed by atoms with Gasteiger partial charge in [0.1, 0.15) is 0 Å². The number of para-hydroxylation sites is 1. The van der Waals surface area contributed by atoms with Crippen molar-refractivity contribution in [2.45, 2.75) is 6.92 Å². The fraction of sp³-hybridized carbons (Fsp3) is 0.125. The van der Waals surface area contributed by atoms with Crippen LogP contribution in [0.1, 0.15) is 27.6 Å². The van der Waals surface area contributed by atoms with Crippen LogP contribution in [-0.2, 0) is 0 Å². The fourth-order valence-corrected chi connectivity index (χ4v) is 1.95. The second-order valence-corrected chi connectivity index (χ2v) is 4.52. The van der Waals surface area contributed by atoms with Crippen molar-refractivity contribution < 1.29 is 14.3 Å². The van der Waals surface area contributed by atoms with Crippen LogP contribution in [0.3, 0.4) is 0 Å². The summed E-state index contributed by atoms with van der Waals surface area (Å²) in [5.74, 6) is -0.00420. The van der Waals surface area contributed by atoms with Crippen LogP contribution in [0.25, 0.3) is 0 Å². The number of nitrogens with one attached hydrogen (secondary N) is 1. The van der Waals surface area contributed by atoms with E-state index in [2.05, 4.69) is 5.32 Å². The van der Waals surface area contributed by atoms with Crippen molar-refractivity contribution in [2.24, 2.45) is 0 Å². The van der Waals surface area contributed by atoms with E-state index in [-0.39, 0.29) is 11.7 Å². The van der Waals surface area contributed by atoms with Crippen LogP contribution in [-0.4, -0.2) is 18.8 Å². The fourth-order valence-electron chi connectivity index (χ4n) is 1.95. The first-order valence-electron chi connectivity index (χ1n) is 6.37. The van der Waals surface area contributed by atoms with E-state index in [0.717, 1.165) is 0 Å². The number of methoxy groups -OCH3 is 1. The van der Waals surface area contributed by atoms with E-state index in [1.165, 1.54) is 14.0 Å². The number of ether oxygens (including phenoxy) is 1. The number of Topliss-reactive ketones (excluding diaryl/α,β-unsaturated/α-hetero) is 1. The molecule has 21 heavy (non-hydrogen) atoms. The molecule has 108 valence electrons. The Morgan fingerprint density at radius 3 is 2.33 bits per heavy atom. The summed E-state index contributed by atoms with van der Waals surface area (Å²) in [5.41, 5.74) is 7.71. The minimum atomic E-state index is -0.324. The number of rotatable bonds is 4. The highest BCUT2D eigenvalue weighted by atomic mass is 16.5. The highest BCUT2D eigenvalue weighted by Gasteiger charge is 2.14. The normalized spacial score (nSPS) is 10.0. The SMILES string of the molecule is COc1c(N)cccc1C(=O)Nc1ccc(C(C)=O)cc1. The first-order chi connectivity index (χ1) is 10.0. The van der Waals surface area contributed by atoms with E-state index in [1.807, 2.05) is 0 Å². The third kappa shape index (κ3) is 3.20. The van der Waals surface area contributed by atoms with Gasteiger partial charge < -0.3 is 15.8 Å². The maximum atomic E-state index is 12.3. The molecule has 0 aliphatic carbocycles. The molecule has 2 rings (SSSR count). The number of ketones is 1. The smallest absolute Gasteiger partial charge is 0.259 e. The van der Waals surface area contributed by atoms with Crippen molar-refractivity contribution in [2.75, 3.05) is 18.2 Å². The van der Waals surface area contributed by atoms with Crippen LogP contribution >= 0.6 is 0 Å². The number of nitrogen functional groups attached to an aromatic ring is 1. The van der Waals surface area contributed by atoms with Gasteiger partial charge in [0.25, 0.3) is 5.91 Å². The summed E-state index contributed by atoms with van der Waals surface area (Å²) in [7, 11) is 1.46. The molecule has 5 nitrogen and oxygen atoms in total. The third-order valence-electron chi connectivity index (χ3n) is 3.04. The van der Waals surface area contributed by atoms with Gasteiger partial charge in [-0.3, -0.25) is 9.59 Å². The Morgan fingerprint density at radius 2 is 1.76 bits per heavy atom. The quantitative estimate of drug-likeness (QED) is 0.668. The molecule has 0 unspecified atom stereocenters. The molecule has 0 heterocycles. The van der Waals surface area contributed by atoms with E-state index < -0.39 is 0 Å². The van der Waals surface area contributed by atoms with Gasteiger partial charge in [-0.15, -0.1) is 0 Å². The molecule has 0 saturated carbocycles. The summed E-state index contributed by atoms with van der Waals surface area (Å²) in [5, 5.41) is 2.74. The lowest BCUT2D eigenvalue weighted by molar-refractivity contribution is 0.101. The molecule has 0 atom stereocenters. The first-order valence-corrected chi connectivity index (χ1v) is 6.37. The van der Waals surface area contributed by atoms with E-state index in [1.54, 1.807) is 42.5 Å². The van der Waals surface area contributed by atoms with Crippen LogP contribution < -0.4 is 15.8 Å². The van der Waals surface area contributed by atoms with Crippen molar-refractivity contribution in [1.29, 1.82) is 0 Å². The number of carbonyl (C=O) groups is 2. The number of carbonyl (C=O) groups excluding carboxylic acids is 2. The van der Waals surface area contributed by atoms with Crippen LogP contribution in [0.5, 0.6) is 5.75 Å². The lowest BCUT2D eigenvalue weighted by atomic mass is 10.1. The number of hydrogen-bond acceptors (Lipinski definition) is 4. The van der Waals surface area contributed by atoms with Gasteiger partial charge >= 0.3 is 0 Å². The molecule has 1 amide bonds. The van der Waals surface area contributed by atoms with E-state index in [0.29, 0.717) is 28.3 Å². The summed E-state index contributed by atoms with van der Waals surface area (Å²) in [4.78, 5) is 23.5. The maximum absolute atomic E-state index is 12.3. The van der Waals surface area contributed by atoms with Crippen LogP contribution in [0.4, 0.5) is 11.4 Å². The van der Waals surface area contributed by atoms with Crippen LogP contribution in [0.15, 0.2) is 42.5 Å². The minimum absolute atomic E-state index is 0.0228. The lowest BCUT2D eigenvalue weighted by Gasteiger charge is -2.11. The average Bonchev–Trinajstić information content (AvgIpc) is 2.47. The second-order valence-electron chi connectivity index (χ2n) is 4.52. The summed E-state index contributed by atoms with van der Waals surface area (Å²) in [6.45, 7) is 1.49. The van der Waals surface area contributed by atoms with Crippen molar-refractivity contribution >= 4 is 23.1 Å². The summed E-state index contributed by atoms with van der Waals surface area (Å²) in [6, 6.07) is 11.7. The van der Waals surface area contributed by atoms with Crippen molar-refractivity contribution in [1.82, 2.24) is 0 Å². The molecule has 0 aromatic heterocycles. The van der Waals surface area contributed by atoms with Gasteiger partial charge in [-0.05, 0) is 43.3 Å². The number of hydrogen-bond donors (Lipinski definition) is 2. The van der Waals surface area contributed by atoms with E-state index in [9.17, 15) is 9.59 Å². The Balaban J connectivity index is 2.22. The van der Waals surface area contributed by atoms with Crippen LogP contribution in [0, 0.1) is 0 Å². The van der Waals surface area contributed by atoms with Crippen LogP contribution in [0.2, 0.25) is 0 Å². The van der Waals surface area contributed by atoms with Crippen molar-refractivity contribution in [3.63, 3.8) is 0 Å². The molecular weight excluding hydrogens is 268 g/mol. The largest absolute Gasteiger partial charge is 0.494 e. The molecule has 0 aliphatic heterocycles. The van der Waals surface area contributed by atoms with E-state index in [4.69, 9.17) is 10.5 Å². The molecule has 0 radical (unpaired) electrons. The molecule has 3 N–H and O–H groups in total. The molecule has 0 bridgehead atoms. The van der Waals surface area contributed by atoms with Gasteiger partial charge in [-0.2, -0.15) is 0 Å². The van der Waals surface area contributed by atoms with Gasteiger partial charge in [-0.25, -0.2) is 0 Å². The Bertz CT molecular complexity index is 678. The van der Waals surface area contributed by atoms with Gasteiger partial charge in [0.2, 0.25) is 0 Å². The molecule has 0 saturated heterocycles. The zero-order valence-corrected chi connectivity index (χ0v) is 11.8. The summed E-state index contributed by atoms with van der Waals surface area (Å²) < 4.78 is 5.16. The van der Waals surface area contributed by atoms with Gasteiger partial charge in [-0.1, -0.05) is 6.07 Å². The van der Waals surface area contributed by atoms with Gasteiger partial charge in [0.05, 0.1) is 18.4 Å². The molecular formula is C16H16N2O3. The molecule has 0 aliphatic rings.